The van der Waals surface area contributed by atoms with E-state index in [4.69, 9.17) is 37.5 Å². The summed E-state index contributed by atoms with van der Waals surface area (Å²) in [5.74, 6) is -0.455. The second-order valence-corrected chi connectivity index (χ2v) is 3.73. The van der Waals surface area contributed by atoms with Gasteiger partial charge in [0.05, 0.1) is 12.4 Å². The Kier molecular flexibility index (Phi) is 5.12. The molecule has 2 rings (SSSR count). The molecule has 2 aromatic rings. The average Bonchev–Trinajstić information content (AvgIpc) is 2.72. The van der Waals surface area contributed by atoms with Crippen molar-refractivity contribution < 1.29 is 19.1 Å². The number of ether oxygens (including phenoxy) is 1. The lowest BCUT2D eigenvalue weighted by Gasteiger charge is -1.96. The van der Waals surface area contributed by atoms with Crippen molar-refractivity contribution in [2.75, 3.05) is 12.4 Å². The minimum atomic E-state index is -1.07. The average molecular weight is 277 g/mol. The Bertz CT molecular complexity index is 507. The molecule has 0 radical (unpaired) electrons. The second-order valence-electron chi connectivity index (χ2n) is 2.92. The summed E-state index contributed by atoms with van der Waals surface area (Å²) in [7, 11) is 1.55. The highest BCUT2D eigenvalue weighted by Gasteiger charge is 2.10. The third-order valence-corrected chi connectivity index (χ3v) is 1.93. The number of halogens is 2. The molecule has 1 N–H and O–H groups in total. The predicted octanol–water partition coefficient (Wildman–Crippen LogP) is 3.56. The van der Waals surface area contributed by atoms with Crippen LogP contribution in [-0.4, -0.2) is 23.5 Å². The zero-order chi connectivity index (χ0) is 12.8. The summed E-state index contributed by atoms with van der Waals surface area (Å²) in [4.78, 5) is 10.6. The molecule has 1 aromatic carbocycles. The van der Waals surface area contributed by atoms with Gasteiger partial charge in [-0.25, -0.2) is 4.79 Å². The molecule has 0 spiro atoms. The van der Waals surface area contributed by atoms with Gasteiger partial charge in [0, 0.05) is 5.39 Å². The van der Waals surface area contributed by atoms with Gasteiger partial charge in [-0.05, 0) is 24.3 Å². The van der Waals surface area contributed by atoms with Crippen molar-refractivity contribution >= 4 is 40.1 Å². The number of alkyl halides is 2. The largest absolute Gasteiger partial charge is 0.497 e. The van der Waals surface area contributed by atoms with Crippen molar-refractivity contribution in [2.24, 2.45) is 0 Å². The van der Waals surface area contributed by atoms with E-state index >= 15 is 0 Å². The molecule has 17 heavy (non-hydrogen) atoms. The van der Waals surface area contributed by atoms with Gasteiger partial charge < -0.3 is 14.3 Å². The van der Waals surface area contributed by atoms with E-state index in [1.54, 1.807) is 25.3 Å². The number of rotatable bonds is 2. The van der Waals surface area contributed by atoms with Crippen molar-refractivity contribution in [1.82, 2.24) is 0 Å². The lowest BCUT2D eigenvalue weighted by Crippen LogP contribution is -1.91. The van der Waals surface area contributed by atoms with Gasteiger partial charge in [0.2, 0.25) is 5.76 Å². The molecule has 1 aromatic heterocycles. The highest BCUT2D eigenvalue weighted by atomic mass is 35.5. The molecule has 1 heterocycles. The molecule has 6 heteroatoms. The van der Waals surface area contributed by atoms with Crippen LogP contribution in [0.3, 0.4) is 0 Å². The molecule has 0 saturated carbocycles. The number of fused-ring (bicyclic) bond motifs is 1. The summed E-state index contributed by atoms with van der Waals surface area (Å²) in [6.07, 6.45) is 0. The van der Waals surface area contributed by atoms with E-state index in [2.05, 4.69) is 0 Å². The highest BCUT2D eigenvalue weighted by molar-refractivity contribution is 6.40. The Labute approximate surface area is 108 Å². The van der Waals surface area contributed by atoms with Crippen molar-refractivity contribution in [3.8, 4) is 5.75 Å². The fourth-order valence-corrected chi connectivity index (χ4v) is 1.25. The molecule has 0 saturated heterocycles. The Hall–Kier alpha value is -1.39. The van der Waals surface area contributed by atoms with Crippen molar-refractivity contribution in [1.29, 1.82) is 0 Å². The summed E-state index contributed by atoms with van der Waals surface area (Å²) in [6, 6.07) is 6.60. The van der Waals surface area contributed by atoms with E-state index in [1.165, 1.54) is 6.07 Å². The molecule has 92 valence electrons. The van der Waals surface area contributed by atoms with E-state index in [0.29, 0.717) is 11.3 Å². The van der Waals surface area contributed by atoms with Crippen LogP contribution in [0.25, 0.3) is 11.0 Å². The molecule has 0 aliphatic carbocycles. The third kappa shape index (κ3) is 3.54. The van der Waals surface area contributed by atoms with Crippen LogP contribution in [0.4, 0.5) is 0 Å². The van der Waals surface area contributed by atoms with E-state index < -0.39 is 5.97 Å². The maximum absolute atomic E-state index is 10.6. The summed E-state index contributed by atoms with van der Waals surface area (Å²) in [5.41, 5.74) is 0.545. The van der Waals surface area contributed by atoms with Gasteiger partial charge in [-0.3, -0.25) is 0 Å². The number of methoxy groups -OCH3 is 1. The van der Waals surface area contributed by atoms with E-state index in [-0.39, 0.29) is 11.1 Å². The Morgan fingerprint density at radius 2 is 2.06 bits per heavy atom. The van der Waals surface area contributed by atoms with Crippen LogP contribution >= 0.6 is 23.2 Å². The molecular weight excluding hydrogens is 267 g/mol. The standard InChI is InChI=1S/C10H8O4.CH2Cl2/c1-13-7-2-3-8-6(4-7)5-9(14-8)10(11)12;2-1-3/h2-5H,1H3,(H,11,12);1H2. The molecule has 0 amide bonds. The molecular formula is C11H10Cl2O4. The first-order valence-corrected chi connectivity index (χ1v) is 5.62. The molecule has 4 nitrogen and oxygen atoms in total. The van der Waals surface area contributed by atoms with Crippen molar-refractivity contribution in [3.63, 3.8) is 0 Å². The van der Waals surface area contributed by atoms with Crippen LogP contribution in [0.1, 0.15) is 10.6 Å². The van der Waals surface area contributed by atoms with Gasteiger partial charge in [0.1, 0.15) is 11.3 Å². The Balaban J connectivity index is 0.000000437. The zero-order valence-corrected chi connectivity index (χ0v) is 10.5. The van der Waals surface area contributed by atoms with Gasteiger partial charge in [0.25, 0.3) is 0 Å². The maximum Gasteiger partial charge on any atom is 0.371 e. The van der Waals surface area contributed by atoms with Crippen LogP contribution in [0, 0.1) is 0 Å². The number of carbonyl (C=O) groups is 1. The lowest BCUT2D eigenvalue weighted by atomic mass is 10.2. The fraction of sp³-hybridized carbons (Fsp3) is 0.182. The second kappa shape index (κ2) is 6.37. The van der Waals surface area contributed by atoms with Gasteiger partial charge in [-0.15, -0.1) is 23.2 Å². The Morgan fingerprint density at radius 1 is 1.41 bits per heavy atom. The SMILES string of the molecule is COc1ccc2oc(C(=O)O)cc2c1.ClCCl. The number of benzene rings is 1. The minimum absolute atomic E-state index is 0.0618. The molecule has 0 unspecified atom stereocenters. The van der Waals surface area contributed by atoms with Gasteiger partial charge in [0.15, 0.2) is 0 Å². The summed E-state index contributed by atoms with van der Waals surface area (Å²) < 4.78 is 10.1. The number of carboxylic acid groups (broad SMARTS) is 1. The van der Waals surface area contributed by atoms with Crippen LogP contribution in [-0.2, 0) is 0 Å². The van der Waals surface area contributed by atoms with Crippen LogP contribution in [0.5, 0.6) is 5.75 Å². The van der Waals surface area contributed by atoms with Gasteiger partial charge in [-0.2, -0.15) is 0 Å². The maximum atomic E-state index is 10.6. The smallest absolute Gasteiger partial charge is 0.371 e. The summed E-state index contributed by atoms with van der Waals surface area (Å²) >= 11 is 9.53. The molecule has 0 aliphatic rings. The number of carboxylic acids is 1. The van der Waals surface area contributed by atoms with Gasteiger partial charge >= 0.3 is 5.97 Å². The first-order chi connectivity index (χ1) is 8.12. The first-order valence-electron chi connectivity index (χ1n) is 4.55. The third-order valence-electron chi connectivity index (χ3n) is 1.93. The van der Waals surface area contributed by atoms with E-state index in [0.717, 1.165) is 5.39 Å². The van der Waals surface area contributed by atoms with E-state index in [1.807, 2.05) is 0 Å². The molecule has 0 aliphatic heterocycles. The zero-order valence-electron chi connectivity index (χ0n) is 8.94. The molecule has 0 bridgehead atoms. The van der Waals surface area contributed by atoms with Crippen LogP contribution < -0.4 is 4.74 Å². The molecule has 0 fully saturated rings. The van der Waals surface area contributed by atoms with Crippen molar-refractivity contribution in [2.45, 2.75) is 0 Å². The predicted molar refractivity (Wildman–Crippen MR) is 66.3 cm³/mol. The fourth-order valence-electron chi connectivity index (χ4n) is 1.25. The van der Waals surface area contributed by atoms with E-state index in [9.17, 15) is 4.79 Å². The molecule has 0 atom stereocenters. The number of furan rings is 1. The topological polar surface area (TPSA) is 59.7 Å². The monoisotopic (exact) mass is 276 g/mol. The quantitative estimate of drug-likeness (QED) is 0.852. The summed E-state index contributed by atoms with van der Waals surface area (Å²) in [5, 5.41) is 9.61. The van der Waals surface area contributed by atoms with Crippen LogP contribution in [0.2, 0.25) is 0 Å². The number of hydrogen-bond acceptors (Lipinski definition) is 3. The number of hydrogen-bond donors (Lipinski definition) is 1. The number of aromatic carboxylic acids is 1. The minimum Gasteiger partial charge on any atom is -0.497 e. The Morgan fingerprint density at radius 3 is 2.59 bits per heavy atom. The first kappa shape index (κ1) is 13.7. The van der Waals surface area contributed by atoms with Gasteiger partial charge in [-0.1, -0.05) is 0 Å². The van der Waals surface area contributed by atoms with Crippen molar-refractivity contribution in [3.05, 3.63) is 30.0 Å². The highest BCUT2D eigenvalue weighted by Crippen LogP contribution is 2.23. The summed E-state index contributed by atoms with van der Waals surface area (Å²) in [6.45, 7) is 0. The van der Waals surface area contributed by atoms with Crippen LogP contribution in [0.15, 0.2) is 28.7 Å². The lowest BCUT2D eigenvalue weighted by molar-refractivity contribution is 0.0665. The normalized spacial score (nSPS) is 9.59.